The third-order valence-corrected chi connectivity index (χ3v) is 5.36. The molecule has 0 radical (unpaired) electrons. The van der Waals surface area contributed by atoms with Crippen molar-refractivity contribution in [2.24, 2.45) is 0 Å². The maximum Gasteiger partial charge on any atom is 0.230 e. The minimum absolute atomic E-state index is 0.123. The quantitative estimate of drug-likeness (QED) is 0.204. The van der Waals surface area contributed by atoms with Crippen molar-refractivity contribution in [3.8, 4) is 0 Å². The second-order valence-electron chi connectivity index (χ2n) is 7.58. The van der Waals surface area contributed by atoms with Gasteiger partial charge in [-0.25, -0.2) is 4.89 Å². The van der Waals surface area contributed by atoms with E-state index in [9.17, 15) is 20.4 Å². The van der Waals surface area contributed by atoms with Gasteiger partial charge >= 0.3 is 0 Å². The summed E-state index contributed by atoms with van der Waals surface area (Å²) in [6, 6.07) is 0. The highest BCUT2D eigenvalue weighted by Gasteiger charge is 2.54. The second-order valence-corrected chi connectivity index (χ2v) is 7.58. The number of aliphatic hydroxyl groups is 4. The lowest BCUT2D eigenvalue weighted by atomic mass is 9.91. The van der Waals surface area contributed by atoms with Gasteiger partial charge in [-0.15, -0.1) is 0 Å². The Bertz CT molecular complexity index is 379. The Hall–Kier alpha value is -0.280. The van der Waals surface area contributed by atoms with Crippen LogP contribution in [0.2, 0.25) is 0 Å². The first-order valence-corrected chi connectivity index (χ1v) is 10.6. The predicted octanol–water partition coefficient (Wildman–Crippen LogP) is 2.43. The molecule has 1 rings (SSSR count). The first kappa shape index (κ1) is 24.8. The number of aliphatic hydroxyl groups excluding tert-OH is 4. The molecule has 0 aromatic heterocycles. The van der Waals surface area contributed by atoms with Crippen LogP contribution in [0.15, 0.2) is 0 Å². The van der Waals surface area contributed by atoms with Crippen LogP contribution in [0.5, 0.6) is 0 Å². The molecule has 0 bridgehead atoms. The maximum absolute atomic E-state index is 10.4. The van der Waals surface area contributed by atoms with E-state index in [1.807, 2.05) is 0 Å². The molecular formula is C20H40O7. The fourth-order valence-corrected chi connectivity index (χ4v) is 3.43. The summed E-state index contributed by atoms with van der Waals surface area (Å²) >= 11 is 0. The molecule has 27 heavy (non-hydrogen) atoms. The van der Waals surface area contributed by atoms with Gasteiger partial charge in [-0.1, -0.05) is 65.7 Å². The van der Waals surface area contributed by atoms with E-state index < -0.39 is 36.8 Å². The molecule has 6 atom stereocenters. The minimum atomic E-state index is -1.61. The van der Waals surface area contributed by atoms with Crippen LogP contribution >= 0.6 is 0 Å². The van der Waals surface area contributed by atoms with Gasteiger partial charge in [-0.2, -0.15) is 4.89 Å². The van der Waals surface area contributed by atoms with E-state index in [1.165, 1.54) is 19.3 Å². The van der Waals surface area contributed by atoms with Crippen molar-refractivity contribution in [1.29, 1.82) is 0 Å². The molecule has 0 aliphatic carbocycles. The molecule has 4 N–H and O–H groups in total. The SMILES string of the molecule is CCCCCCCC(CCCC)OO[C@]1(CC)O[C@H](CO)[C@@H](O)[C@H](O)[C@H]1O. The summed E-state index contributed by atoms with van der Waals surface area (Å²) in [6.45, 7) is 5.54. The fourth-order valence-electron chi connectivity index (χ4n) is 3.43. The number of hydrogen-bond donors (Lipinski definition) is 4. The van der Waals surface area contributed by atoms with Gasteiger partial charge in [0.2, 0.25) is 5.79 Å². The van der Waals surface area contributed by atoms with E-state index in [4.69, 9.17) is 14.5 Å². The lowest BCUT2D eigenvalue weighted by Gasteiger charge is -2.46. The smallest absolute Gasteiger partial charge is 0.230 e. The minimum Gasteiger partial charge on any atom is -0.394 e. The zero-order chi connectivity index (χ0) is 20.3. The molecule has 1 heterocycles. The Morgan fingerprint density at radius 3 is 2.11 bits per heavy atom. The number of rotatable bonds is 14. The van der Waals surface area contributed by atoms with Crippen molar-refractivity contribution in [2.45, 2.75) is 121 Å². The van der Waals surface area contributed by atoms with Crippen molar-refractivity contribution in [1.82, 2.24) is 0 Å². The van der Waals surface area contributed by atoms with Gasteiger partial charge in [0.1, 0.15) is 24.4 Å². The molecule has 0 aromatic carbocycles. The van der Waals surface area contributed by atoms with Gasteiger partial charge < -0.3 is 25.2 Å². The summed E-state index contributed by atoms with van der Waals surface area (Å²) in [4.78, 5) is 11.2. The Morgan fingerprint density at radius 1 is 0.889 bits per heavy atom. The zero-order valence-electron chi connectivity index (χ0n) is 17.2. The molecule has 7 heteroatoms. The van der Waals surface area contributed by atoms with Crippen molar-refractivity contribution >= 4 is 0 Å². The van der Waals surface area contributed by atoms with Gasteiger partial charge in [0, 0.05) is 6.42 Å². The van der Waals surface area contributed by atoms with Gasteiger partial charge in [0.15, 0.2) is 0 Å². The molecular weight excluding hydrogens is 352 g/mol. The highest BCUT2D eigenvalue weighted by atomic mass is 17.2. The molecule has 162 valence electrons. The van der Waals surface area contributed by atoms with Crippen LogP contribution in [0.1, 0.15) is 85.0 Å². The van der Waals surface area contributed by atoms with Crippen LogP contribution < -0.4 is 0 Å². The topological polar surface area (TPSA) is 109 Å². The largest absolute Gasteiger partial charge is 0.394 e. The standard InChI is InChI=1S/C20H40O7/c1-4-7-9-10-11-13-15(12-8-5-2)26-27-20(6-3)19(24)18(23)17(22)16(14-21)25-20/h15-19,21-24H,4-14H2,1-3H3/t15?,16-,17-,18+,19-,20+/m1/s1. The van der Waals surface area contributed by atoms with Crippen LogP contribution in [-0.2, 0) is 14.5 Å². The van der Waals surface area contributed by atoms with Gasteiger partial charge in [0.25, 0.3) is 0 Å². The normalized spacial score (nSPS) is 32.6. The molecule has 1 unspecified atom stereocenters. The average molecular weight is 393 g/mol. The molecule has 0 aromatic rings. The van der Waals surface area contributed by atoms with E-state index in [1.54, 1.807) is 6.92 Å². The van der Waals surface area contributed by atoms with Gasteiger partial charge in [-0.3, -0.25) is 0 Å². The van der Waals surface area contributed by atoms with E-state index >= 15 is 0 Å². The second kappa shape index (κ2) is 13.0. The molecule has 0 spiro atoms. The van der Waals surface area contributed by atoms with Crippen molar-refractivity contribution < 1.29 is 34.9 Å². The molecule has 0 saturated carbocycles. The molecule has 7 nitrogen and oxygen atoms in total. The Labute approximate surface area is 163 Å². The Kier molecular flexibility index (Phi) is 12.0. The van der Waals surface area contributed by atoms with Crippen LogP contribution in [0.3, 0.4) is 0 Å². The lowest BCUT2D eigenvalue weighted by molar-refractivity contribution is -0.491. The molecule has 0 amide bonds. The summed E-state index contributed by atoms with van der Waals surface area (Å²) in [7, 11) is 0. The van der Waals surface area contributed by atoms with E-state index in [-0.39, 0.29) is 12.5 Å². The third-order valence-electron chi connectivity index (χ3n) is 5.36. The monoisotopic (exact) mass is 392 g/mol. The van der Waals surface area contributed by atoms with Crippen molar-refractivity contribution in [3.05, 3.63) is 0 Å². The van der Waals surface area contributed by atoms with Gasteiger partial charge in [-0.05, 0) is 12.8 Å². The Morgan fingerprint density at radius 2 is 1.52 bits per heavy atom. The summed E-state index contributed by atoms with van der Waals surface area (Å²) in [5.41, 5.74) is 0. The van der Waals surface area contributed by atoms with Crippen LogP contribution in [0.4, 0.5) is 0 Å². The molecule has 1 saturated heterocycles. The predicted molar refractivity (Wildman–Crippen MR) is 102 cm³/mol. The van der Waals surface area contributed by atoms with Crippen LogP contribution in [-0.4, -0.2) is 63.3 Å². The third kappa shape index (κ3) is 7.24. The van der Waals surface area contributed by atoms with E-state index in [2.05, 4.69) is 13.8 Å². The average Bonchev–Trinajstić information content (AvgIpc) is 2.69. The van der Waals surface area contributed by atoms with Crippen LogP contribution in [0, 0.1) is 0 Å². The van der Waals surface area contributed by atoms with E-state index in [0.29, 0.717) is 0 Å². The number of hydrogen-bond acceptors (Lipinski definition) is 7. The number of ether oxygens (including phenoxy) is 1. The van der Waals surface area contributed by atoms with Gasteiger partial charge in [0.05, 0.1) is 12.7 Å². The maximum atomic E-state index is 10.4. The fraction of sp³-hybridized carbons (Fsp3) is 1.00. The number of unbranched alkanes of at least 4 members (excludes halogenated alkanes) is 5. The van der Waals surface area contributed by atoms with Crippen LogP contribution in [0.25, 0.3) is 0 Å². The Balaban J connectivity index is 2.67. The summed E-state index contributed by atoms with van der Waals surface area (Å²) in [5, 5.41) is 39.9. The summed E-state index contributed by atoms with van der Waals surface area (Å²) < 4.78 is 5.62. The zero-order valence-corrected chi connectivity index (χ0v) is 17.2. The van der Waals surface area contributed by atoms with Crippen molar-refractivity contribution in [2.75, 3.05) is 6.61 Å². The van der Waals surface area contributed by atoms with E-state index in [0.717, 1.165) is 38.5 Å². The van der Waals surface area contributed by atoms with Crippen molar-refractivity contribution in [3.63, 3.8) is 0 Å². The first-order chi connectivity index (χ1) is 13.0. The molecule has 1 aliphatic rings. The summed E-state index contributed by atoms with van der Waals surface area (Å²) in [5.74, 6) is -1.61. The highest BCUT2D eigenvalue weighted by molar-refractivity contribution is 4.96. The molecule has 1 fully saturated rings. The summed E-state index contributed by atoms with van der Waals surface area (Å²) in [6.07, 6.45) is 4.27. The first-order valence-electron chi connectivity index (χ1n) is 10.6. The molecule has 1 aliphatic heterocycles. The highest BCUT2D eigenvalue weighted by Crippen LogP contribution is 2.35. The lowest BCUT2D eigenvalue weighted by Crippen LogP contribution is -2.66.